The summed E-state index contributed by atoms with van der Waals surface area (Å²) in [5, 5.41) is 8.97. The molecule has 0 bridgehead atoms. The molecule has 0 aliphatic heterocycles. The lowest BCUT2D eigenvalue weighted by Gasteiger charge is -1.99. The highest BCUT2D eigenvalue weighted by Crippen LogP contribution is 2.24. The maximum Gasteiger partial charge on any atom is 0.360 e. The SMILES string of the molecule is COC(=O)c1coc(-c2coc(-c3coc([C@@H](N)CO)n3)n2)n1. The van der Waals surface area contributed by atoms with Crippen LogP contribution < -0.4 is 5.73 Å². The van der Waals surface area contributed by atoms with Crippen LogP contribution in [0.25, 0.3) is 23.2 Å². The molecule has 0 spiro atoms. The molecule has 0 radical (unpaired) electrons. The predicted octanol–water partition coefficient (Wildman–Crippen LogP) is 0.763. The van der Waals surface area contributed by atoms with Crippen LogP contribution in [0.15, 0.2) is 32.0 Å². The zero-order chi connectivity index (χ0) is 16.4. The number of carbonyl (C=O) groups is 1. The van der Waals surface area contributed by atoms with Gasteiger partial charge in [-0.25, -0.2) is 19.7 Å². The molecule has 3 aromatic rings. The van der Waals surface area contributed by atoms with Crippen molar-refractivity contribution >= 4 is 5.97 Å². The molecule has 0 amide bonds. The third kappa shape index (κ3) is 2.84. The highest BCUT2D eigenvalue weighted by molar-refractivity contribution is 5.87. The van der Waals surface area contributed by atoms with Gasteiger partial charge < -0.3 is 28.8 Å². The molecule has 0 fully saturated rings. The van der Waals surface area contributed by atoms with Gasteiger partial charge in [0.25, 0.3) is 0 Å². The van der Waals surface area contributed by atoms with Crippen molar-refractivity contribution in [1.29, 1.82) is 0 Å². The number of aromatic nitrogens is 3. The number of hydrogen-bond acceptors (Lipinski definition) is 10. The van der Waals surface area contributed by atoms with E-state index in [2.05, 4.69) is 19.7 Å². The Labute approximate surface area is 128 Å². The van der Waals surface area contributed by atoms with E-state index in [9.17, 15) is 4.79 Å². The van der Waals surface area contributed by atoms with Crippen LogP contribution in [-0.4, -0.2) is 39.7 Å². The second-order valence-corrected chi connectivity index (χ2v) is 4.43. The molecule has 0 unspecified atom stereocenters. The number of carbonyl (C=O) groups excluding carboxylic acids is 1. The quantitative estimate of drug-likeness (QED) is 0.644. The van der Waals surface area contributed by atoms with Crippen molar-refractivity contribution < 1.29 is 27.9 Å². The standard InChI is InChI=1S/C13H12N4O6/c1-20-13(19)9-5-23-12(17-9)8-4-22-11(16-8)7-3-21-10(15-7)6(14)2-18/h3-6,18H,2,14H2,1H3/t6-/m0/s1. The summed E-state index contributed by atoms with van der Waals surface area (Å²) in [5.41, 5.74) is 6.19. The Kier molecular flexibility index (Phi) is 3.91. The maximum absolute atomic E-state index is 11.3. The number of nitrogens with two attached hydrogens (primary N) is 1. The first-order chi connectivity index (χ1) is 11.1. The van der Waals surface area contributed by atoms with Gasteiger partial charge in [-0.05, 0) is 0 Å². The zero-order valence-electron chi connectivity index (χ0n) is 11.9. The van der Waals surface area contributed by atoms with E-state index in [-0.39, 0.29) is 35.7 Å². The monoisotopic (exact) mass is 320 g/mol. The Hall–Kier alpha value is -2.98. The second kappa shape index (κ2) is 6.02. The smallest absolute Gasteiger partial charge is 0.360 e. The number of esters is 1. The summed E-state index contributed by atoms with van der Waals surface area (Å²) in [6.45, 7) is -0.302. The van der Waals surface area contributed by atoms with E-state index >= 15 is 0 Å². The summed E-state index contributed by atoms with van der Waals surface area (Å²) in [7, 11) is 1.24. The second-order valence-electron chi connectivity index (χ2n) is 4.43. The summed E-state index contributed by atoms with van der Waals surface area (Å²) in [6.07, 6.45) is 3.75. The predicted molar refractivity (Wildman–Crippen MR) is 72.9 cm³/mol. The highest BCUT2D eigenvalue weighted by atomic mass is 16.5. The third-order valence-electron chi connectivity index (χ3n) is 2.88. The fraction of sp³-hybridized carbons (Fsp3) is 0.231. The molecule has 0 aliphatic rings. The van der Waals surface area contributed by atoms with Crippen LogP contribution in [-0.2, 0) is 4.74 Å². The summed E-state index contributed by atoms with van der Waals surface area (Å²) >= 11 is 0. The van der Waals surface area contributed by atoms with Crippen LogP contribution in [0.3, 0.4) is 0 Å². The van der Waals surface area contributed by atoms with Crippen molar-refractivity contribution in [3.05, 3.63) is 30.4 Å². The number of aliphatic hydroxyl groups is 1. The Bertz CT molecular complexity index is 820. The molecule has 10 nitrogen and oxygen atoms in total. The average molecular weight is 320 g/mol. The molecule has 23 heavy (non-hydrogen) atoms. The van der Waals surface area contributed by atoms with Gasteiger partial charge in [0.1, 0.15) is 24.8 Å². The fourth-order valence-corrected chi connectivity index (χ4v) is 1.71. The number of ether oxygens (including phenoxy) is 1. The van der Waals surface area contributed by atoms with Gasteiger partial charge in [0.15, 0.2) is 17.1 Å². The number of oxazole rings is 3. The Morgan fingerprint density at radius 1 is 1.17 bits per heavy atom. The average Bonchev–Trinajstić information content (AvgIpc) is 3.31. The molecule has 0 aliphatic carbocycles. The molecule has 0 aromatic carbocycles. The molecular formula is C13H12N4O6. The first-order valence-electron chi connectivity index (χ1n) is 6.44. The highest BCUT2D eigenvalue weighted by Gasteiger charge is 2.19. The minimum atomic E-state index is -0.729. The van der Waals surface area contributed by atoms with Gasteiger partial charge in [0.2, 0.25) is 17.7 Å². The third-order valence-corrected chi connectivity index (χ3v) is 2.88. The van der Waals surface area contributed by atoms with E-state index in [1.807, 2.05) is 0 Å². The molecule has 0 saturated heterocycles. The van der Waals surface area contributed by atoms with Crippen molar-refractivity contribution in [2.24, 2.45) is 5.73 Å². The Morgan fingerprint density at radius 2 is 1.83 bits per heavy atom. The Balaban J connectivity index is 1.84. The lowest BCUT2D eigenvalue weighted by Crippen LogP contribution is -2.14. The molecule has 10 heteroatoms. The van der Waals surface area contributed by atoms with E-state index in [1.165, 1.54) is 19.6 Å². The topological polar surface area (TPSA) is 151 Å². The van der Waals surface area contributed by atoms with E-state index < -0.39 is 12.0 Å². The Morgan fingerprint density at radius 3 is 2.57 bits per heavy atom. The van der Waals surface area contributed by atoms with Gasteiger partial charge in [-0.15, -0.1) is 0 Å². The van der Waals surface area contributed by atoms with E-state index in [1.54, 1.807) is 0 Å². The van der Waals surface area contributed by atoms with Gasteiger partial charge in [-0.2, -0.15) is 0 Å². The van der Waals surface area contributed by atoms with Gasteiger partial charge in [-0.3, -0.25) is 0 Å². The molecule has 3 aromatic heterocycles. The van der Waals surface area contributed by atoms with E-state index in [4.69, 9.17) is 24.1 Å². The van der Waals surface area contributed by atoms with Gasteiger partial charge in [0, 0.05) is 0 Å². The minimum Gasteiger partial charge on any atom is -0.464 e. The van der Waals surface area contributed by atoms with Gasteiger partial charge in [0.05, 0.1) is 13.7 Å². The summed E-state index contributed by atoms with van der Waals surface area (Å²) < 4.78 is 20.1. The number of hydrogen-bond donors (Lipinski definition) is 2. The zero-order valence-corrected chi connectivity index (χ0v) is 11.9. The molecular weight excluding hydrogens is 308 g/mol. The van der Waals surface area contributed by atoms with Gasteiger partial charge in [-0.1, -0.05) is 0 Å². The van der Waals surface area contributed by atoms with Crippen LogP contribution in [0.2, 0.25) is 0 Å². The maximum atomic E-state index is 11.3. The van der Waals surface area contributed by atoms with Crippen molar-refractivity contribution in [1.82, 2.24) is 15.0 Å². The van der Waals surface area contributed by atoms with E-state index in [0.717, 1.165) is 6.26 Å². The number of rotatable bonds is 5. The normalized spacial score (nSPS) is 12.3. The van der Waals surface area contributed by atoms with Crippen LogP contribution in [0.1, 0.15) is 22.4 Å². The molecule has 3 N–H and O–H groups in total. The summed E-state index contributed by atoms with van der Waals surface area (Å²) in [4.78, 5) is 23.5. The number of methoxy groups -OCH3 is 1. The van der Waals surface area contributed by atoms with Crippen molar-refractivity contribution in [3.8, 4) is 23.2 Å². The van der Waals surface area contributed by atoms with Crippen LogP contribution >= 0.6 is 0 Å². The lowest BCUT2D eigenvalue weighted by atomic mass is 10.3. The largest absolute Gasteiger partial charge is 0.464 e. The number of aliphatic hydroxyl groups excluding tert-OH is 1. The fourth-order valence-electron chi connectivity index (χ4n) is 1.71. The van der Waals surface area contributed by atoms with Gasteiger partial charge >= 0.3 is 5.97 Å². The van der Waals surface area contributed by atoms with Crippen molar-refractivity contribution in [2.45, 2.75) is 6.04 Å². The molecule has 3 rings (SSSR count). The van der Waals surface area contributed by atoms with Crippen LogP contribution in [0, 0.1) is 0 Å². The number of nitrogens with zero attached hydrogens (tertiary/aromatic N) is 3. The first-order valence-corrected chi connectivity index (χ1v) is 6.44. The van der Waals surface area contributed by atoms with Crippen molar-refractivity contribution in [2.75, 3.05) is 13.7 Å². The molecule has 0 saturated carbocycles. The summed E-state index contributed by atoms with van der Waals surface area (Å²) in [6, 6.07) is -0.729. The molecule has 3 heterocycles. The lowest BCUT2D eigenvalue weighted by molar-refractivity contribution is 0.0594. The van der Waals surface area contributed by atoms with Crippen LogP contribution in [0.4, 0.5) is 0 Å². The minimum absolute atomic E-state index is 0.0182. The van der Waals surface area contributed by atoms with Crippen molar-refractivity contribution in [3.63, 3.8) is 0 Å². The molecule has 120 valence electrons. The first kappa shape index (κ1) is 14.9. The van der Waals surface area contributed by atoms with Crippen LogP contribution in [0.5, 0.6) is 0 Å². The molecule has 1 atom stereocenters. The summed E-state index contributed by atoms with van der Waals surface area (Å²) in [5.74, 6) is -0.219. The van der Waals surface area contributed by atoms with E-state index in [0.29, 0.717) is 5.69 Å².